The van der Waals surface area contributed by atoms with Gasteiger partial charge in [-0.1, -0.05) is 36.4 Å². The summed E-state index contributed by atoms with van der Waals surface area (Å²) in [5.41, 5.74) is 1.96. The Labute approximate surface area is 215 Å². The Bertz CT molecular complexity index is 1260. The van der Waals surface area contributed by atoms with E-state index in [1.165, 1.54) is 4.90 Å². The molecule has 2 amide bonds. The molecule has 0 aromatic heterocycles. The van der Waals surface area contributed by atoms with E-state index < -0.39 is 5.97 Å². The van der Waals surface area contributed by atoms with Crippen LogP contribution < -0.4 is 9.47 Å². The number of carbonyl (C=O) groups excluding carboxylic acids is 3. The molecule has 1 heterocycles. The highest BCUT2D eigenvalue weighted by molar-refractivity contribution is 14.1. The van der Waals surface area contributed by atoms with Crippen molar-refractivity contribution >= 4 is 57.5 Å². The van der Waals surface area contributed by atoms with Gasteiger partial charge >= 0.3 is 5.97 Å². The average Bonchev–Trinajstić information content (AvgIpc) is 3.10. The fourth-order valence-electron chi connectivity index (χ4n) is 3.26. The van der Waals surface area contributed by atoms with Gasteiger partial charge in [-0.2, -0.15) is 0 Å². The van der Waals surface area contributed by atoms with Crippen molar-refractivity contribution in [3.05, 3.63) is 98.0 Å². The molecule has 6 nitrogen and oxygen atoms in total. The van der Waals surface area contributed by atoms with E-state index in [9.17, 15) is 14.4 Å². The minimum Gasteiger partial charge on any atom is -0.490 e. The lowest BCUT2D eigenvalue weighted by Crippen LogP contribution is -2.27. The summed E-state index contributed by atoms with van der Waals surface area (Å²) >= 11 is 3.11. The minimum atomic E-state index is -0.494. The van der Waals surface area contributed by atoms with E-state index in [1.54, 1.807) is 48.5 Å². The molecule has 0 atom stereocenters. The van der Waals surface area contributed by atoms with Gasteiger partial charge in [0.15, 0.2) is 11.5 Å². The maximum absolute atomic E-state index is 12.9. The summed E-state index contributed by atoms with van der Waals surface area (Å²) in [4.78, 5) is 39.4. The van der Waals surface area contributed by atoms with Gasteiger partial charge in [0.05, 0.1) is 23.6 Å². The van der Waals surface area contributed by atoms with Gasteiger partial charge in [0.25, 0.3) is 11.1 Å². The van der Waals surface area contributed by atoms with Crippen molar-refractivity contribution in [2.45, 2.75) is 13.5 Å². The Morgan fingerprint density at radius 1 is 1.00 bits per heavy atom. The zero-order valence-corrected chi connectivity index (χ0v) is 21.2. The van der Waals surface area contributed by atoms with Gasteiger partial charge in [-0.05, 0) is 94.9 Å². The van der Waals surface area contributed by atoms with Crippen molar-refractivity contribution in [1.29, 1.82) is 0 Å². The SMILES string of the molecule is CCOc1cc(/C=C2\SC(=O)N(Cc3ccc(I)cc3)C2=O)ccc1OC(=O)c1ccccc1. The standard InChI is InChI=1S/C26H20INO5S/c1-2-32-22-14-18(10-13-21(22)33-25(30)19-6-4-3-5-7-19)15-23-24(29)28(26(31)34-23)16-17-8-11-20(27)12-9-17/h3-15H,2,16H2,1H3/b23-15-. The molecule has 8 heteroatoms. The molecule has 1 aliphatic heterocycles. The third kappa shape index (κ3) is 5.68. The molecule has 0 saturated carbocycles. The Morgan fingerprint density at radius 2 is 1.74 bits per heavy atom. The molecule has 34 heavy (non-hydrogen) atoms. The normalized spacial score (nSPS) is 14.5. The Balaban J connectivity index is 1.53. The van der Waals surface area contributed by atoms with Crippen LogP contribution in [0, 0.1) is 3.57 Å². The molecule has 1 aliphatic rings. The van der Waals surface area contributed by atoms with Gasteiger partial charge in [0, 0.05) is 3.57 Å². The molecule has 1 saturated heterocycles. The molecule has 0 spiro atoms. The lowest BCUT2D eigenvalue weighted by molar-refractivity contribution is -0.123. The van der Waals surface area contributed by atoms with Crippen LogP contribution in [-0.4, -0.2) is 28.6 Å². The second-order valence-electron chi connectivity index (χ2n) is 7.29. The molecule has 4 rings (SSSR count). The molecule has 3 aromatic rings. The summed E-state index contributed by atoms with van der Waals surface area (Å²) in [6.45, 7) is 2.41. The summed E-state index contributed by atoms with van der Waals surface area (Å²) in [5, 5.41) is -0.312. The van der Waals surface area contributed by atoms with Crippen LogP contribution in [0.4, 0.5) is 4.79 Å². The van der Waals surface area contributed by atoms with Gasteiger partial charge in [-0.3, -0.25) is 14.5 Å². The van der Waals surface area contributed by atoms with E-state index >= 15 is 0 Å². The number of hydrogen-bond acceptors (Lipinski definition) is 6. The molecule has 0 radical (unpaired) electrons. The van der Waals surface area contributed by atoms with Gasteiger partial charge in [0.1, 0.15) is 0 Å². The van der Waals surface area contributed by atoms with Gasteiger partial charge in [-0.15, -0.1) is 0 Å². The number of nitrogens with zero attached hydrogens (tertiary/aromatic N) is 1. The molecular weight excluding hydrogens is 565 g/mol. The molecule has 0 bridgehead atoms. The van der Waals surface area contributed by atoms with E-state index in [0.29, 0.717) is 28.4 Å². The lowest BCUT2D eigenvalue weighted by Gasteiger charge is -2.12. The van der Waals surface area contributed by atoms with Crippen LogP contribution in [-0.2, 0) is 11.3 Å². The first-order chi connectivity index (χ1) is 16.4. The molecular formula is C26H20INO5S. The Kier molecular flexibility index (Phi) is 7.69. The molecule has 172 valence electrons. The lowest BCUT2D eigenvalue weighted by atomic mass is 10.1. The van der Waals surface area contributed by atoms with E-state index in [1.807, 2.05) is 37.3 Å². The Morgan fingerprint density at radius 3 is 2.44 bits per heavy atom. The summed E-state index contributed by atoms with van der Waals surface area (Å²) in [5.74, 6) is -0.185. The number of carbonyl (C=O) groups is 3. The zero-order chi connectivity index (χ0) is 24.1. The summed E-state index contributed by atoms with van der Waals surface area (Å²) in [6.07, 6.45) is 1.64. The second kappa shape index (κ2) is 10.9. The monoisotopic (exact) mass is 585 g/mol. The fraction of sp³-hybridized carbons (Fsp3) is 0.115. The van der Waals surface area contributed by atoms with E-state index in [-0.39, 0.29) is 23.4 Å². The number of ether oxygens (including phenoxy) is 2. The first kappa shape index (κ1) is 24.0. The van der Waals surface area contributed by atoms with Gasteiger partial charge in [0.2, 0.25) is 0 Å². The molecule has 0 aliphatic carbocycles. The van der Waals surface area contributed by atoms with Crippen molar-refractivity contribution in [3.8, 4) is 11.5 Å². The number of rotatable bonds is 7. The maximum Gasteiger partial charge on any atom is 0.343 e. The number of thioether (sulfide) groups is 1. The highest BCUT2D eigenvalue weighted by atomic mass is 127. The average molecular weight is 585 g/mol. The second-order valence-corrected chi connectivity index (χ2v) is 9.53. The zero-order valence-electron chi connectivity index (χ0n) is 18.2. The smallest absolute Gasteiger partial charge is 0.343 e. The van der Waals surface area contributed by atoms with Crippen molar-refractivity contribution < 1.29 is 23.9 Å². The molecule has 0 unspecified atom stereocenters. The minimum absolute atomic E-state index is 0.220. The summed E-state index contributed by atoms with van der Waals surface area (Å²) < 4.78 is 12.3. The van der Waals surface area contributed by atoms with Crippen molar-refractivity contribution in [2.24, 2.45) is 0 Å². The molecule has 0 N–H and O–H groups in total. The first-order valence-corrected chi connectivity index (χ1v) is 12.4. The van der Waals surface area contributed by atoms with Crippen LogP contribution in [0.2, 0.25) is 0 Å². The highest BCUT2D eigenvalue weighted by Crippen LogP contribution is 2.35. The van der Waals surface area contributed by atoms with E-state index in [2.05, 4.69) is 22.6 Å². The van der Waals surface area contributed by atoms with E-state index in [4.69, 9.17) is 9.47 Å². The van der Waals surface area contributed by atoms with Crippen LogP contribution in [0.25, 0.3) is 6.08 Å². The van der Waals surface area contributed by atoms with E-state index in [0.717, 1.165) is 20.9 Å². The van der Waals surface area contributed by atoms with Crippen LogP contribution in [0.3, 0.4) is 0 Å². The summed E-state index contributed by atoms with van der Waals surface area (Å²) in [6, 6.07) is 21.4. The topological polar surface area (TPSA) is 72.9 Å². The van der Waals surface area contributed by atoms with Crippen molar-refractivity contribution in [2.75, 3.05) is 6.61 Å². The number of amides is 2. The number of benzene rings is 3. The highest BCUT2D eigenvalue weighted by Gasteiger charge is 2.35. The van der Waals surface area contributed by atoms with Gasteiger partial charge in [-0.25, -0.2) is 4.79 Å². The van der Waals surface area contributed by atoms with Crippen LogP contribution in [0.1, 0.15) is 28.4 Å². The maximum atomic E-state index is 12.9. The van der Waals surface area contributed by atoms with Crippen LogP contribution in [0.5, 0.6) is 11.5 Å². The number of imide groups is 1. The number of hydrogen-bond donors (Lipinski definition) is 0. The third-order valence-electron chi connectivity index (χ3n) is 4.91. The molecule has 1 fully saturated rings. The first-order valence-electron chi connectivity index (χ1n) is 10.5. The summed E-state index contributed by atoms with van der Waals surface area (Å²) in [7, 11) is 0. The number of halogens is 1. The molecule has 3 aromatic carbocycles. The fourth-order valence-corrected chi connectivity index (χ4v) is 4.46. The van der Waals surface area contributed by atoms with Gasteiger partial charge < -0.3 is 9.47 Å². The Hall–Kier alpha value is -3.11. The van der Waals surface area contributed by atoms with Crippen LogP contribution in [0.15, 0.2) is 77.7 Å². The van der Waals surface area contributed by atoms with Crippen molar-refractivity contribution in [1.82, 2.24) is 4.90 Å². The quantitative estimate of drug-likeness (QED) is 0.144. The predicted molar refractivity (Wildman–Crippen MR) is 140 cm³/mol. The van der Waals surface area contributed by atoms with Crippen molar-refractivity contribution in [3.63, 3.8) is 0 Å². The third-order valence-corrected chi connectivity index (χ3v) is 6.53. The largest absolute Gasteiger partial charge is 0.490 e. The predicted octanol–water partition coefficient (Wildman–Crippen LogP) is 6.15. The number of esters is 1. The van der Waals surface area contributed by atoms with Crippen LogP contribution >= 0.6 is 34.4 Å².